The highest BCUT2D eigenvalue weighted by atomic mass is 127. The summed E-state index contributed by atoms with van der Waals surface area (Å²) >= 11 is 5.84. The van der Waals surface area contributed by atoms with Crippen LogP contribution in [0.4, 0.5) is 0 Å². The highest BCUT2D eigenvalue weighted by molar-refractivity contribution is 14.1. The molecule has 0 unspecified atom stereocenters. The average molecular weight is 463 g/mol. The van der Waals surface area contributed by atoms with Crippen molar-refractivity contribution in [3.05, 3.63) is 79.8 Å². The molecule has 3 rings (SSSR count). The predicted molar refractivity (Wildman–Crippen MR) is 107 cm³/mol. The molecule has 0 saturated heterocycles. The van der Waals surface area contributed by atoms with E-state index in [1.807, 2.05) is 0 Å². The normalized spacial score (nSPS) is 10.7. The molecule has 110 valence electrons. The third-order valence-corrected chi connectivity index (χ3v) is 5.13. The van der Waals surface area contributed by atoms with Gasteiger partial charge in [0.05, 0.1) is 0 Å². The molecule has 0 aliphatic rings. The monoisotopic (exact) mass is 462 g/mol. The van der Waals surface area contributed by atoms with Crippen molar-refractivity contribution >= 4 is 38.5 Å². The minimum atomic E-state index is 1.11. The van der Waals surface area contributed by atoms with Gasteiger partial charge in [0.25, 0.3) is 0 Å². The van der Waals surface area contributed by atoms with Crippen LogP contribution < -0.4 is 0 Å². The predicted octanol–water partition coefficient (Wildman–Crippen LogP) is 7.00. The number of hydrogen-bond acceptors (Lipinski definition) is 0. The molecule has 0 N–H and O–H groups in total. The van der Waals surface area contributed by atoms with Gasteiger partial charge in [-0.25, -0.2) is 0 Å². The maximum absolute atomic E-state index is 3.50. The van der Waals surface area contributed by atoms with Crippen LogP contribution in [-0.4, -0.2) is 0 Å². The molecule has 0 aliphatic heterocycles. The SMILES string of the molecule is Cc1cc(-c2ccc(I)cc2)c(C)cc1-c1ccc(Br)cc1. The van der Waals surface area contributed by atoms with Crippen LogP contribution in [-0.2, 0) is 0 Å². The standard InChI is InChI=1S/C20H16BrI/c1-13-12-20(16-5-9-18(22)10-6-16)14(2)11-19(13)15-3-7-17(21)8-4-15/h3-12H,1-2H3. The van der Waals surface area contributed by atoms with Crippen LogP contribution in [0.2, 0.25) is 0 Å². The fourth-order valence-corrected chi connectivity index (χ4v) is 3.32. The summed E-state index contributed by atoms with van der Waals surface area (Å²) in [6.45, 7) is 4.38. The molecule has 0 saturated carbocycles. The van der Waals surface area contributed by atoms with Crippen LogP contribution in [0.1, 0.15) is 11.1 Å². The summed E-state index contributed by atoms with van der Waals surface area (Å²) in [5, 5.41) is 0. The van der Waals surface area contributed by atoms with Gasteiger partial charge in [0.2, 0.25) is 0 Å². The minimum absolute atomic E-state index is 1.11. The van der Waals surface area contributed by atoms with Gasteiger partial charge in [0.1, 0.15) is 0 Å². The molecule has 2 heteroatoms. The first kappa shape index (κ1) is 15.8. The molecule has 0 nitrogen and oxygen atoms in total. The van der Waals surface area contributed by atoms with E-state index in [4.69, 9.17) is 0 Å². The molecule has 0 heterocycles. The van der Waals surface area contributed by atoms with E-state index < -0.39 is 0 Å². The highest BCUT2D eigenvalue weighted by Crippen LogP contribution is 2.32. The molecular formula is C20H16BrI. The van der Waals surface area contributed by atoms with Crippen molar-refractivity contribution in [3.63, 3.8) is 0 Å². The van der Waals surface area contributed by atoms with E-state index in [0.717, 1.165) is 4.47 Å². The Labute approximate surface area is 153 Å². The molecule has 0 bridgehead atoms. The third kappa shape index (κ3) is 3.28. The van der Waals surface area contributed by atoms with E-state index >= 15 is 0 Å². The van der Waals surface area contributed by atoms with Crippen LogP contribution in [0.15, 0.2) is 65.1 Å². The zero-order chi connectivity index (χ0) is 15.7. The van der Waals surface area contributed by atoms with Crippen LogP contribution in [0.25, 0.3) is 22.3 Å². The Morgan fingerprint density at radius 2 is 1.09 bits per heavy atom. The van der Waals surface area contributed by atoms with Gasteiger partial charge in [-0.2, -0.15) is 0 Å². The molecule has 0 aromatic heterocycles. The highest BCUT2D eigenvalue weighted by Gasteiger charge is 2.08. The first-order valence-electron chi connectivity index (χ1n) is 7.18. The topological polar surface area (TPSA) is 0 Å². The Morgan fingerprint density at radius 3 is 1.55 bits per heavy atom. The molecule has 0 spiro atoms. The number of rotatable bonds is 2. The van der Waals surface area contributed by atoms with Gasteiger partial charge in [-0.15, -0.1) is 0 Å². The summed E-state index contributed by atoms with van der Waals surface area (Å²) in [6.07, 6.45) is 0. The van der Waals surface area contributed by atoms with E-state index in [2.05, 4.69) is 113 Å². The summed E-state index contributed by atoms with van der Waals surface area (Å²) in [4.78, 5) is 0. The number of hydrogen-bond donors (Lipinski definition) is 0. The molecule has 0 fully saturated rings. The van der Waals surface area contributed by atoms with Gasteiger partial charge in [-0.3, -0.25) is 0 Å². The second kappa shape index (κ2) is 6.55. The third-order valence-electron chi connectivity index (χ3n) is 3.88. The van der Waals surface area contributed by atoms with E-state index in [0.29, 0.717) is 0 Å². The quantitative estimate of drug-likeness (QED) is 0.359. The molecule has 0 aliphatic carbocycles. The Balaban J connectivity index is 2.08. The Bertz CT molecular complexity index is 731. The number of benzene rings is 3. The molecule has 3 aromatic rings. The van der Waals surface area contributed by atoms with Crippen molar-refractivity contribution in [3.8, 4) is 22.3 Å². The Hall–Kier alpha value is -1.13. The Kier molecular flexibility index (Phi) is 4.69. The van der Waals surface area contributed by atoms with Gasteiger partial charge >= 0.3 is 0 Å². The molecular weight excluding hydrogens is 447 g/mol. The first-order valence-corrected chi connectivity index (χ1v) is 9.05. The summed E-state index contributed by atoms with van der Waals surface area (Å²) in [7, 11) is 0. The second-order valence-electron chi connectivity index (χ2n) is 5.50. The maximum atomic E-state index is 3.50. The van der Waals surface area contributed by atoms with Crippen LogP contribution in [0.5, 0.6) is 0 Å². The van der Waals surface area contributed by atoms with Crippen molar-refractivity contribution in [1.29, 1.82) is 0 Å². The van der Waals surface area contributed by atoms with Gasteiger partial charge in [0, 0.05) is 8.04 Å². The summed E-state index contributed by atoms with van der Waals surface area (Å²) < 4.78 is 2.38. The van der Waals surface area contributed by atoms with Crippen molar-refractivity contribution in [2.45, 2.75) is 13.8 Å². The smallest absolute Gasteiger partial charge is 0.0175 e. The zero-order valence-corrected chi connectivity index (χ0v) is 16.3. The van der Waals surface area contributed by atoms with Crippen LogP contribution >= 0.6 is 38.5 Å². The minimum Gasteiger partial charge on any atom is -0.0533 e. The lowest BCUT2D eigenvalue weighted by atomic mass is 9.92. The van der Waals surface area contributed by atoms with Gasteiger partial charge in [0.15, 0.2) is 0 Å². The number of halogens is 2. The first-order chi connectivity index (χ1) is 10.5. The maximum Gasteiger partial charge on any atom is 0.0175 e. The summed E-state index contributed by atoms with van der Waals surface area (Å²) in [5.41, 5.74) is 7.78. The van der Waals surface area contributed by atoms with E-state index in [-0.39, 0.29) is 0 Å². The van der Waals surface area contributed by atoms with Crippen molar-refractivity contribution in [1.82, 2.24) is 0 Å². The van der Waals surface area contributed by atoms with Crippen LogP contribution in [0.3, 0.4) is 0 Å². The summed E-state index contributed by atoms with van der Waals surface area (Å²) in [6, 6.07) is 21.8. The molecule has 22 heavy (non-hydrogen) atoms. The second-order valence-corrected chi connectivity index (χ2v) is 7.66. The zero-order valence-electron chi connectivity index (χ0n) is 12.5. The average Bonchev–Trinajstić information content (AvgIpc) is 2.51. The molecule has 3 aromatic carbocycles. The largest absolute Gasteiger partial charge is 0.0533 e. The van der Waals surface area contributed by atoms with Crippen LogP contribution in [0, 0.1) is 17.4 Å². The number of aryl methyl sites for hydroxylation is 2. The lowest BCUT2D eigenvalue weighted by Gasteiger charge is -2.13. The van der Waals surface area contributed by atoms with Gasteiger partial charge < -0.3 is 0 Å². The lowest BCUT2D eigenvalue weighted by molar-refractivity contribution is 1.38. The fraction of sp³-hybridized carbons (Fsp3) is 0.100. The molecule has 0 atom stereocenters. The lowest BCUT2D eigenvalue weighted by Crippen LogP contribution is -1.90. The van der Waals surface area contributed by atoms with Gasteiger partial charge in [-0.1, -0.05) is 52.3 Å². The molecule has 0 amide bonds. The van der Waals surface area contributed by atoms with Crippen molar-refractivity contribution in [2.75, 3.05) is 0 Å². The van der Waals surface area contributed by atoms with E-state index in [9.17, 15) is 0 Å². The van der Waals surface area contributed by atoms with Crippen molar-refractivity contribution in [2.24, 2.45) is 0 Å². The summed E-state index contributed by atoms with van der Waals surface area (Å²) in [5.74, 6) is 0. The Morgan fingerprint density at radius 1 is 0.682 bits per heavy atom. The molecule has 0 radical (unpaired) electrons. The van der Waals surface area contributed by atoms with E-state index in [1.54, 1.807) is 0 Å². The fourth-order valence-electron chi connectivity index (χ4n) is 2.70. The van der Waals surface area contributed by atoms with E-state index in [1.165, 1.54) is 37.0 Å². The van der Waals surface area contributed by atoms with Crippen molar-refractivity contribution < 1.29 is 0 Å². The van der Waals surface area contributed by atoms with Gasteiger partial charge in [-0.05, 0) is 94.1 Å².